The van der Waals surface area contributed by atoms with Crippen molar-refractivity contribution in [2.75, 3.05) is 0 Å². The van der Waals surface area contributed by atoms with Crippen molar-refractivity contribution >= 4 is 31.9 Å². The molecule has 1 fully saturated rings. The number of halogens is 2. The predicted molar refractivity (Wildman–Crippen MR) is 101 cm³/mol. The Balaban J connectivity index is 2.03. The monoisotopic (exact) mass is 431 g/mol. The second kappa shape index (κ2) is 9.29. The Morgan fingerprint density at radius 1 is 1.09 bits per heavy atom. The Hall–Kier alpha value is -0.0600. The van der Waals surface area contributed by atoms with Crippen molar-refractivity contribution in [1.82, 2.24) is 5.32 Å². The van der Waals surface area contributed by atoms with Crippen molar-refractivity contribution in [3.05, 3.63) is 26.6 Å². The number of hydrogen-bond donors (Lipinski definition) is 1. The van der Waals surface area contributed by atoms with Gasteiger partial charge in [-0.2, -0.15) is 0 Å². The molecule has 124 valence electrons. The lowest BCUT2D eigenvalue weighted by Gasteiger charge is -2.23. The highest BCUT2D eigenvalue weighted by Gasteiger charge is 2.15. The summed E-state index contributed by atoms with van der Waals surface area (Å²) in [6, 6.07) is 4.86. The number of nitrogens with one attached hydrogen (secondary N) is 1. The normalized spacial score (nSPS) is 17.3. The molecule has 2 nitrogen and oxygen atoms in total. The van der Waals surface area contributed by atoms with Gasteiger partial charge in [0.2, 0.25) is 0 Å². The van der Waals surface area contributed by atoms with Crippen LogP contribution in [0.2, 0.25) is 0 Å². The summed E-state index contributed by atoms with van der Waals surface area (Å²) < 4.78 is 8.11. The van der Waals surface area contributed by atoms with Crippen LogP contribution in [0.3, 0.4) is 0 Å². The van der Waals surface area contributed by atoms with Crippen molar-refractivity contribution in [3.63, 3.8) is 0 Å². The molecule has 0 heterocycles. The van der Waals surface area contributed by atoms with Crippen molar-refractivity contribution in [2.24, 2.45) is 0 Å². The summed E-state index contributed by atoms with van der Waals surface area (Å²) in [4.78, 5) is 0. The number of rotatable bonds is 5. The van der Waals surface area contributed by atoms with Crippen molar-refractivity contribution < 1.29 is 4.74 Å². The van der Waals surface area contributed by atoms with Crippen LogP contribution in [0.25, 0.3) is 0 Å². The molecule has 1 aromatic carbocycles. The van der Waals surface area contributed by atoms with Crippen LogP contribution in [0.5, 0.6) is 5.75 Å². The molecule has 0 aliphatic heterocycles. The van der Waals surface area contributed by atoms with Gasteiger partial charge in [0, 0.05) is 22.6 Å². The Kier molecular flexibility index (Phi) is 7.72. The van der Waals surface area contributed by atoms with Gasteiger partial charge in [0.05, 0.1) is 10.6 Å². The Morgan fingerprint density at radius 3 is 2.36 bits per heavy atom. The molecular weight excluding hydrogens is 406 g/mol. The third kappa shape index (κ3) is 5.86. The molecule has 0 aromatic heterocycles. The summed E-state index contributed by atoms with van der Waals surface area (Å²) in [5.41, 5.74) is 1.22. The van der Waals surface area contributed by atoms with Crippen LogP contribution in [0.15, 0.2) is 21.1 Å². The first-order valence-corrected chi connectivity index (χ1v) is 10.0. The van der Waals surface area contributed by atoms with Crippen LogP contribution in [-0.4, -0.2) is 12.1 Å². The van der Waals surface area contributed by atoms with Crippen molar-refractivity contribution in [2.45, 2.75) is 77.5 Å². The second-order valence-corrected chi connectivity index (χ2v) is 8.24. The molecule has 4 heteroatoms. The van der Waals surface area contributed by atoms with Gasteiger partial charge in [-0.3, -0.25) is 0 Å². The van der Waals surface area contributed by atoms with Gasteiger partial charge in [-0.05, 0) is 54.8 Å². The summed E-state index contributed by atoms with van der Waals surface area (Å²) in [5, 5.41) is 3.75. The van der Waals surface area contributed by atoms with E-state index in [1.807, 2.05) is 0 Å². The van der Waals surface area contributed by atoms with Gasteiger partial charge in [0.1, 0.15) is 5.75 Å². The van der Waals surface area contributed by atoms with Crippen LogP contribution in [0.4, 0.5) is 0 Å². The highest BCUT2D eigenvalue weighted by atomic mass is 79.9. The van der Waals surface area contributed by atoms with E-state index in [0.29, 0.717) is 6.04 Å². The summed E-state index contributed by atoms with van der Waals surface area (Å²) >= 11 is 7.22. The molecule has 0 radical (unpaired) electrons. The third-order valence-corrected chi connectivity index (χ3v) is 5.17. The van der Waals surface area contributed by atoms with E-state index in [1.165, 1.54) is 50.5 Å². The predicted octanol–water partition coefficient (Wildman–Crippen LogP) is 6.20. The van der Waals surface area contributed by atoms with E-state index in [9.17, 15) is 0 Å². The van der Waals surface area contributed by atoms with Gasteiger partial charge >= 0.3 is 0 Å². The molecule has 0 atom stereocenters. The fourth-order valence-electron chi connectivity index (χ4n) is 3.03. The zero-order chi connectivity index (χ0) is 15.9. The standard InChI is InChI=1S/C18H27Br2NO/c1-13(2)22-18-14(10-15(19)11-17(18)20)12-21-16-8-6-4-3-5-7-9-16/h10-11,13,16,21H,3-9,12H2,1-2H3. The van der Waals surface area contributed by atoms with Gasteiger partial charge in [0.25, 0.3) is 0 Å². The molecule has 1 aliphatic rings. The first-order valence-electron chi connectivity index (χ1n) is 8.44. The van der Waals surface area contributed by atoms with Gasteiger partial charge in [-0.25, -0.2) is 0 Å². The zero-order valence-electron chi connectivity index (χ0n) is 13.6. The molecule has 1 aliphatic carbocycles. The molecular formula is C18H27Br2NO. The van der Waals surface area contributed by atoms with Gasteiger partial charge < -0.3 is 10.1 Å². The maximum atomic E-state index is 6.01. The average molecular weight is 433 g/mol. The Morgan fingerprint density at radius 2 is 1.73 bits per heavy atom. The molecule has 0 spiro atoms. The smallest absolute Gasteiger partial charge is 0.138 e. The molecule has 0 saturated heterocycles. The van der Waals surface area contributed by atoms with Crippen LogP contribution >= 0.6 is 31.9 Å². The van der Waals surface area contributed by atoms with E-state index in [2.05, 4.69) is 63.2 Å². The maximum absolute atomic E-state index is 6.01. The quantitative estimate of drug-likeness (QED) is 0.597. The van der Waals surface area contributed by atoms with Gasteiger partial charge in [-0.1, -0.05) is 48.0 Å². The second-order valence-electron chi connectivity index (χ2n) is 6.47. The van der Waals surface area contributed by atoms with Crippen LogP contribution in [0.1, 0.15) is 64.4 Å². The summed E-state index contributed by atoms with van der Waals surface area (Å²) in [6.45, 7) is 5.01. The number of ether oxygens (including phenoxy) is 1. The first-order chi connectivity index (χ1) is 10.6. The summed E-state index contributed by atoms with van der Waals surface area (Å²) in [7, 11) is 0. The molecule has 2 rings (SSSR count). The lowest BCUT2D eigenvalue weighted by atomic mass is 9.96. The zero-order valence-corrected chi connectivity index (χ0v) is 16.8. The highest BCUT2D eigenvalue weighted by Crippen LogP contribution is 2.34. The maximum Gasteiger partial charge on any atom is 0.138 e. The molecule has 0 bridgehead atoms. The van der Waals surface area contributed by atoms with Crippen LogP contribution in [0, 0.1) is 0 Å². The number of hydrogen-bond acceptors (Lipinski definition) is 2. The molecule has 0 amide bonds. The topological polar surface area (TPSA) is 21.3 Å². The minimum atomic E-state index is 0.178. The number of benzene rings is 1. The molecule has 0 unspecified atom stereocenters. The Bertz CT molecular complexity index is 468. The summed E-state index contributed by atoms with van der Waals surface area (Å²) in [6.07, 6.45) is 9.69. The SMILES string of the molecule is CC(C)Oc1c(Br)cc(Br)cc1CNC1CCCCCCC1. The fraction of sp³-hybridized carbons (Fsp3) is 0.667. The average Bonchev–Trinajstić information content (AvgIpc) is 2.40. The molecule has 22 heavy (non-hydrogen) atoms. The minimum Gasteiger partial charge on any atom is -0.489 e. The highest BCUT2D eigenvalue weighted by molar-refractivity contribution is 9.11. The lowest BCUT2D eigenvalue weighted by Crippen LogP contribution is -2.29. The molecule has 1 saturated carbocycles. The first kappa shape index (κ1) is 18.3. The third-order valence-electron chi connectivity index (χ3n) is 4.13. The van der Waals surface area contributed by atoms with Crippen molar-refractivity contribution in [3.8, 4) is 5.75 Å². The molecule has 1 aromatic rings. The largest absolute Gasteiger partial charge is 0.489 e. The van der Waals surface area contributed by atoms with E-state index in [1.54, 1.807) is 0 Å². The Labute approximate surface area is 151 Å². The lowest BCUT2D eigenvalue weighted by molar-refractivity contribution is 0.237. The van der Waals surface area contributed by atoms with E-state index in [0.717, 1.165) is 21.2 Å². The van der Waals surface area contributed by atoms with E-state index in [-0.39, 0.29) is 6.10 Å². The van der Waals surface area contributed by atoms with Gasteiger partial charge in [0.15, 0.2) is 0 Å². The van der Waals surface area contributed by atoms with Crippen LogP contribution in [-0.2, 0) is 6.54 Å². The van der Waals surface area contributed by atoms with Crippen molar-refractivity contribution in [1.29, 1.82) is 0 Å². The fourth-order valence-corrected chi connectivity index (χ4v) is 4.43. The van der Waals surface area contributed by atoms with E-state index >= 15 is 0 Å². The van der Waals surface area contributed by atoms with Crippen LogP contribution < -0.4 is 10.1 Å². The minimum absolute atomic E-state index is 0.178. The van der Waals surface area contributed by atoms with E-state index in [4.69, 9.17) is 4.74 Å². The van der Waals surface area contributed by atoms with E-state index < -0.39 is 0 Å². The molecule has 1 N–H and O–H groups in total. The summed E-state index contributed by atoms with van der Waals surface area (Å²) in [5.74, 6) is 0.969. The van der Waals surface area contributed by atoms with Gasteiger partial charge in [-0.15, -0.1) is 0 Å².